The second-order valence-corrected chi connectivity index (χ2v) is 6.42. The number of esters is 1. The van der Waals surface area contributed by atoms with Crippen LogP contribution in [-0.4, -0.2) is 38.1 Å². The number of hydrogen-bond donors (Lipinski definition) is 2. The second kappa shape index (κ2) is 6.87. The highest BCUT2D eigenvalue weighted by Gasteiger charge is 2.33. The highest BCUT2D eigenvalue weighted by Crippen LogP contribution is 2.37. The van der Waals surface area contributed by atoms with Crippen LogP contribution in [0.2, 0.25) is 0 Å². The molecule has 0 radical (unpaired) electrons. The lowest BCUT2D eigenvalue weighted by Gasteiger charge is -2.28. The smallest absolute Gasteiger partial charge is 0.338 e. The van der Waals surface area contributed by atoms with E-state index in [9.17, 15) is 9.59 Å². The Kier molecular flexibility index (Phi) is 4.42. The van der Waals surface area contributed by atoms with Crippen molar-refractivity contribution in [2.75, 3.05) is 20.0 Å². The number of allylic oxidation sites excluding steroid dienone is 1. The molecule has 0 bridgehead atoms. The number of nitrogens with one attached hydrogen (secondary N) is 2. The molecule has 1 aromatic rings. The molecule has 0 spiro atoms. The van der Waals surface area contributed by atoms with Gasteiger partial charge in [0, 0.05) is 12.3 Å². The van der Waals surface area contributed by atoms with E-state index in [1.165, 1.54) is 0 Å². The summed E-state index contributed by atoms with van der Waals surface area (Å²) in [4.78, 5) is 24.6. The van der Waals surface area contributed by atoms with Crippen LogP contribution in [0.3, 0.4) is 0 Å². The average molecular weight is 360 g/mol. The van der Waals surface area contributed by atoms with E-state index in [0.717, 1.165) is 12.8 Å². The molecule has 0 unspecified atom stereocenters. The van der Waals surface area contributed by atoms with Gasteiger partial charge in [0.25, 0.3) is 0 Å². The topological polar surface area (TPSA) is 95.1 Å². The predicted molar refractivity (Wildman–Crippen MR) is 89.6 cm³/mol. The molecule has 0 saturated carbocycles. The molecule has 0 aliphatic carbocycles. The first kappa shape index (κ1) is 16.7. The average Bonchev–Trinajstić information content (AvgIpc) is 3.29. The standard InChI is InChI=1S/C18H20N2O6/c1-10-15(17(21)24-8-12-3-2-6-23-12)16(20-18(22)19-10)11-4-5-13-14(7-11)26-9-25-13/h4-5,7,12,16H,2-3,6,8-9H2,1H3,(H2,19,20,22)/t12-,16-/m1/s1. The van der Waals surface area contributed by atoms with Gasteiger partial charge in [-0.05, 0) is 37.5 Å². The van der Waals surface area contributed by atoms with Crippen LogP contribution in [0.1, 0.15) is 31.4 Å². The Labute approximate surface area is 150 Å². The van der Waals surface area contributed by atoms with Gasteiger partial charge in [0.15, 0.2) is 11.5 Å². The fourth-order valence-corrected chi connectivity index (χ4v) is 3.33. The van der Waals surface area contributed by atoms with Crippen LogP contribution >= 0.6 is 0 Å². The molecule has 3 aliphatic heterocycles. The Morgan fingerprint density at radius 3 is 2.96 bits per heavy atom. The largest absolute Gasteiger partial charge is 0.459 e. The number of benzene rings is 1. The lowest BCUT2D eigenvalue weighted by molar-refractivity contribution is -0.142. The van der Waals surface area contributed by atoms with E-state index >= 15 is 0 Å². The molecule has 3 heterocycles. The Morgan fingerprint density at radius 2 is 2.15 bits per heavy atom. The van der Waals surface area contributed by atoms with Gasteiger partial charge >= 0.3 is 12.0 Å². The van der Waals surface area contributed by atoms with Crippen molar-refractivity contribution >= 4 is 12.0 Å². The number of amides is 2. The minimum Gasteiger partial charge on any atom is -0.459 e. The Morgan fingerprint density at radius 1 is 1.31 bits per heavy atom. The van der Waals surface area contributed by atoms with Gasteiger partial charge in [0.05, 0.1) is 17.7 Å². The lowest BCUT2D eigenvalue weighted by atomic mass is 9.95. The zero-order valence-corrected chi connectivity index (χ0v) is 14.4. The van der Waals surface area contributed by atoms with Crippen molar-refractivity contribution in [3.05, 3.63) is 35.0 Å². The lowest BCUT2D eigenvalue weighted by Crippen LogP contribution is -2.45. The maximum absolute atomic E-state index is 12.7. The van der Waals surface area contributed by atoms with E-state index < -0.39 is 12.0 Å². The number of rotatable bonds is 4. The molecule has 3 aliphatic rings. The van der Waals surface area contributed by atoms with Crippen LogP contribution in [0, 0.1) is 0 Å². The summed E-state index contributed by atoms with van der Waals surface area (Å²) >= 11 is 0. The summed E-state index contributed by atoms with van der Waals surface area (Å²) in [6.45, 7) is 2.74. The highest BCUT2D eigenvalue weighted by molar-refractivity contribution is 5.95. The number of carbonyl (C=O) groups is 2. The number of fused-ring (bicyclic) bond motifs is 1. The first-order chi connectivity index (χ1) is 12.6. The summed E-state index contributed by atoms with van der Waals surface area (Å²) in [5.74, 6) is 0.741. The molecule has 4 rings (SSSR count). The number of hydrogen-bond acceptors (Lipinski definition) is 6. The van der Waals surface area contributed by atoms with Crippen molar-refractivity contribution in [2.45, 2.75) is 31.9 Å². The molecule has 1 fully saturated rings. The molecule has 8 heteroatoms. The molecule has 1 aromatic carbocycles. The summed E-state index contributed by atoms with van der Waals surface area (Å²) in [6.07, 6.45) is 1.79. The highest BCUT2D eigenvalue weighted by atomic mass is 16.7. The summed E-state index contributed by atoms with van der Waals surface area (Å²) in [5.41, 5.74) is 1.54. The van der Waals surface area contributed by atoms with Crippen LogP contribution in [0.5, 0.6) is 11.5 Å². The Hall–Kier alpha value is -2.74. The van der Waals surface area contributed by atoms with Crippen molar-refractivity contribution in [1.29, 1.82) is 0 Å². The van der Waals surface area contributed by atoms with Gasteiger partial charge in [-0.1, -0.05) is 6.07 Å². The molecule has 138 valence electrons. The summed E-state index contributed by atoms with van der Waals surface area (Å²) < 4.78 is 21.6. The maximum atomic E-state index is 12.7. The fraction of sp³-hybridized carbons (Fsp3) is 0.444. The molecule has 8 nitrogen and oxygen atoms in total. The Balaban J connectivity index is 1.57. The normalized spacial score (nSPS) is 24.3. The van der Waals surface area contributed by atoms with Crippen molar-refractivity contribution in [3.63, 3.8) is 0 Å². The van der Waals surface area contributed by atoms with Crippen LogP contribution in [-0.2, 0) is 14.3 Å². The van der Waals surface area contributed by atoms with Crippen molar-refractivity contribution in [3.8, 4) is 11.5 Å². The van der Waals surface area contributed by atoms with E-state index in [0.29, 0.717) is 34.9 Å². The molecule has 0 aromatic heterocycles. The second-order valence-electron chi connectivity index (χ2n) is 6.42. The van der Waals surface area contributed by atoms with Crippen LogP contribution < -0.4 is 20.1 Å². The van der Waals surface area contributed by atoms with Crippen molar-refractivity contribution in [1.82, 2.24) is 10.6 Å². The SMILES string of the molecule is CC1=C(C(=O)OC[C@H]2CCCO2)[C@@H](c2ccc3c(c2)OCO3)NC(=O)N1. The zero-order chi connectivity index (χ0) is 18.1. The molecular weight excluding hydrogens is 340 g/mol. The summed E-state index contributed by atoms with van der Waals surface area (Å²) in [7, 11) is 0. The molecule has 2 atom stereocenters. The minimum atomic E-state index is -0.629. The van der Waals surface area contributed by atoms with E-state index in [2.05, 4.69) is 10.6 Å². The van der Waals surface area contributed by atoms with Crippen LogP contribution in [0.4, 0.5) is 4.79 Å². The van der Waals surface area contributed by atoms with Gasteiger partial charge in [-0.25, -0.2) is 9.59 Å². The molecular formula is C18H20N2O6. The van der Waals surface area contributed by atoms with Crippen LogP contribution in [0.25, 0.3) is 0 Å². The molecule has 2 N–H and O–H groups in total. The van der Waals surface area contributed by atoms with Gasteiger partial charge < -0.3 is 29.6 Å². The fourth-order valence-electron chi connectivity index (χ4n) is 3.33. The van der Waals surface area contributed by atoms with Gasteiger partial charge in [-0.2, -0.15) is 0 Å². The molecule has 1 saturated heterocycles. The van der Waals surface area contributed by atoms with Crippen LogP contribution in [0.15, 0.2) is 29.5 Å². The third-order valence-electron chi connectivity index (χ3n) is 4.64. The summed E-state index contributed by atoms with van der Waals surface area (Å²) in [6, 6.07) is 4.32. The third kappa shape index (κ3) is 3.20. The first-order valence-electron chi connectivity index (χ1n) is 8.58. The monoisotopic (exact) mass is 360 g/mol. The van der Waals surface area contributed by atoms with E-state index in [4.69, 9.17) is 18.9 Å². The van der Waals surface area contributed by atoms with Gasteiger partial charge in [0.1, 0.15) is 6.61 Å². The minimum absolute atomic E-state index is 0.0602. The number of carbonyl (C=O) groups excluding carboxylic acids is 2. The van der Waals surface area contributed by atoms with Gasteiger partial charge in [-0.15, -0.1) is 0 Å². The van der Waals surface area contributed by atoms with Crippen molar-refractivity contribution in [2.24, 2.45) is 0 Å². The molecule has 2 amide bonds. The summed E-state index contributed by atoms with van der Waals surface area (Å²) in [5, 5.41) is 5.41. The number of ether oxygens (including phenoxy) is 4. The quantitative estimate of drug-likeness (QED) is 0.795. The van der Waals surface area contributed by atoms with E-state index in [1.54, 1.807) is 25.1 Å². The van der Waals surface area contributed by atoms with Gasteiger partial charge in [0.2, 0.25) is 6.79 Å². The third-order valence-corrected chi connectivity index (χ3v) is 4.64. The zero-order valence-electron chi connectivity index (χ0n) is 14.4. The number of urea groups is 1. The van der Waals surface area contributed by atoms with E-state index in [1.807, 2.05) is 0 Å². The Bertz CT molecular complexity index is 769. The van der Waals surface area contributed by atoms with Crippen molar-refractivity contribution < 1.29 is 28.5 Å². The molecule has 26 heavy (non-hydrogen) atoms. The maximum Gasteiger partial charge on any atom is 0.338 e. The predicted octanol–water partition coefficient (Wildman–Crippen LogP) is 1.77. The van der Waals surface area contributed by atoms with Gasteiger partial charge in [-0.3, -0.25) is 0 Å². The first-order valence-corrected chi connectivity index (χ1v) is 8.58. The van der Waals surface area contributed by atoms with E-state index in [-0.39, 0.29) is 25.5 Å².